The van der Waals surface area contributed by atoms with Crippen molar-refractivity contribution in [1.29, 1.82) is 0 Å². The van der Waals surface area contributed by atoms with Crippen molar-refractivity contribution in [2.45, 2.75) is 32.1 Å². The van der Waals surface area contributed by atoms with Gasteiger partial charge >= 0.3 is 0 Å². The lowest BCUT2D eigenvalue weighted by Gasteiger charge is -2.28. The van der Waals surface area contributed by atoms with Gasteiger partial charge in [-0.15, -0.1) is 0 Å². The third-order valence-corrected chi connectivity index (χ3v) is 5.95. The minimum atomic E-state index is -0.278. The summed E-state index contributed by atoms with van der Waals surface area (Å²) in [6.45, 7) is 3.38. The number of nitrogens with one attached hydrogen (secondary N) is 1. The van der Waals surface area contributed by atoms with Gasteiger partial charge in [0, 0.05) is 44.0 Å². The van der Waals surface area contributed by atoms with Crippen LogP contribution in [0.15, 0.2) is 54.6 Å². The molecule has 4 rings (SSSR count). The maximum absolute atomic E-state index is 12.7. The summed E-state index contributed by atoms with van der Waals surface area (Å²) in [7, 11) is 0. The Morgan fingerprint density at radius 2 is 1.69 bits per heavy atom. The van der Waals surface area contributed by atoms with Crippen molar-refractivity contribution in [1.82, 2.24) is 4.90 Å². The van der Waals surface area contributed by atoms with Crippen molar-refractivity contribution < 1.29 is 9.59 Å². The van der Waals surface area contributed by atoms with E-state index in [2.05, 4.69) is 34.5 Å². The van der Waals surface area contributed by atoms with E-state index < -0.39 is 0 Å². The number of nitrogens with zero attached hydrogens (tertiary/aromatic N) is 2. The number of likely N-dealkylation sites (tertiary alicyclic amines) is 1. The summed E-state index contributed by atoms with van der Waals surface area (Å²) in [4.78, 5) is 29.2. The van der Waals surface area contributed by atoms with E-state index in [1.165, 1.54) is 30.5 Å². The molecule has 1 unspecified atom stereocenters. The molecule has 0 aromatic heterocycles. The van der Waals surface area contributed by atoms with Crippen LogP contribution in [-0.4, -0.2) is 42.9 Å². The molecule has 1 atom stereocenters. The molecule has 5 heteroatoms. The molecular weight excluding hydrogens is 362 g/mol. The fraction of sp³-hybridized carbons (Fsp3) is 0.417. The molecule has 2 aromatic carbocycles. The van der Waals surface area contributed by atoms with Crippen LogP contribution >= 0.6 is 0 Å². The summed E-state index contributed by atoms with van der Waals surface area (Å²) < 4.78 is 0. The van der Waals surface area contributed by atoms with Crippen molar-refractivity contribution in [3.8, 4) is 0 Å². The lowest BCUT2D eigenvalue weighted by Crippen LogP contribution is -2.30. The largest absolute Gasteiger partial charge is 0.372 e. The molecular formula is C24H29N3O2. The van der Waals surface area contributed by atoms with E-state index in [4.69, 9.17) is 0 Å². The van der Waals surface area contributed by atoms with Crippen molar-refractivity contribution >= 4 is 23.2 Å². The van der Waals surface area contributed by atoms with Crippen LogP contribution in [0.2, 0.25) is 0 Å². The number of piperidine rings is 1. The zero-order valence-electron chi connectivity index (χ0n) is 16.8. The maximum atomic E-state index is 12.7. The Hall–Kier alpha value is -2.82. The van der Waals surface area contributed by atoms with Crippen LogP contribution in [0, 0.1) is 5.92 Å². The fourth-order valence-electron chi connectivity index (χ4n) is 4.22. The molecule has 1 N–H and O–H groups in total. The van der Waals surface area contributed by atoms with E-state index >= 15 is 0 Å². The van der Waals surface area contributed by atoms with Gasteiger partial charge in [0.2, 0.25) is 11.8 Å². The zero-order chi connectivity index (χ0) is 20.1. The Balaban J connectivity index is 1.29. The van der Waals surface area contributed by atoms with Crippen LogP contribution in [0.25, 0.3) is 0 Å². The first-order valence-corrected chi connectivity index (χ1v) is 10.7. The Kier molecular flexibility index (Phi) is 6.13. The normalized spacial score (nSPS) is 19.4. The molecule has 0 spiro atoms. The first-order chi connectivity index (χ1) is 14.2. The predicted octanol–water partition coefficient (Wildman–Crippen LogP) is 3.71. The zero-order valence-corrected chi connectivity index (χ0v) is 16.8. The highest BCUT2D eigenvalue weighted by molar-refractivity contribution is 5.97. The van der Waals surface area contributed by atoms with Crippen molar-refractivity contribution in [3.63, 3.8) is 0 Å². The van der Waals surface area contributed by atoms with Gasteiger partial charge in [0.05, 0.1) is 5.92 Å². The topological polar surface area (TPSA) is 52.7 Å². The van der Waals surface area contributed by atoms with Gasteiger partial charge in [-0.1, -0.05) is 30.3 Å². The Labute approximate surface area is 172 Å². The molecule has 0 saturated carbocycles. The lowest BCUT2D eigenvalue weighted by atomic mass is 10.1. The number of amides is 2. The quantitative estimate of drug-likeness (QED) is 0.817. The van der Waals surface area contributed by atoms with Gasteiger partial charge in [0.1, 0.15) is 0 Å². The molecule has 5 nitrogen and oxygen atoms in total. The van der Waals surface area contributed by atoms with Crippen molar-refractivity contribution in [2.24, 2.45) is 5.92 Å². The molecule has 0 aliphatic carbocycles. The average molecular weight is 392 g/mol. The summed E-state index contributed by atoms with van der Waals surface area (Å²) in [6, 6.07) is 18.2. The highest BCUT2D eigenvalue weighted by Gasteiger charge is 2.34. The Bertz CT molecular complexity index is 829. The summed E-state index contributed by atoms with van der Waals surface area (Å²) in [5, 5.41) is 2.99. The summed E-state index contributed by atoms with van der Waals surface area (Å²) in [6.07, 6.45) is 4.92. The third kappa shape index (κ3) is 4.97. The lowest BCUT2D eigenvalue weighted by molar-refractivity contribution is -0.128. The molecule has 2 aliphatic heterocycles. The predicted molar refractivity (Wildman–Crippen MR) is 116 cm³/mol. The highest BCUT2D eigenvalue weighted by Crippen LogP contribution is 2.24. The number of carbonyl (C=O) groups excluding carboxylic acids is 2. The molecule has 2 amide bonds. The molecule has 2 heterocycles. The second-order valence-electron chi connectivity index (χ2n) is 8.06. The number of rotatable bonds is 6. The summed E-state index contributed by atoms with van der Waals surface area (Å²) in [5.74, 6) is -0.271. The van der Waals surface area contributed by atoms with Gasteiger partial charge in [-0.2, -0.15) is 0 Å². The first-order valence-electron chi connectivity index (χ1n) is 10.7. The first kappa shape index (κ1) is 19.5. The van der Waals surface area contributed by atoms with Crippen molar-refractivity contribution in [3.05, 3.63) is 60.2 Å². The van der Waals surface area contributed by atoms with Crippen molar-refractivity contribution in [2.75, 3.05) is 36.4 Å². The van der Waals surface area contributed by atoms with E-state index in [0.29, 0.717) is 19.5 Å². The van der Waals surface area contributed by atoms with Crippen LogP contribution in [0.3, 0.4) is 0 Å². The molecule has 2 aliphatic rings. The Morgan fingerprint density at radius 3 is 2.41 bits per heavy atom. The number of hydrogen-bond acceptors (Lipinski definition) is 3. The standard InChI is InChI=1S/C24H29N3O2/c28-23-17-20(18-27(23)16-13-19-7-3-1-4-8-19)24(29)25-21-9-11-22(12-10-21)26-14-5-2-6-15-26/h1,3-4,7-12,20H,2,5-6,13-18H2,(H,25,29). The van der Waals surface area contributed by atoms with Gasteiger partial charge in [-0.3, -0.25) is 9.59 Å². The van der Waals surface area contributed by atoms with E-state index in [-0.39, 0.29) is 17.7 Å². The average Bonchev–Trinajstić information content (AvgIpc) is 3.15. The molecule has 2 fully saturated rings. The van der Waals surface area contributed by atoms with E-state index in [0.717, 1.165) is 25.2 Å². The van der Waals surface area contributed by atoms with Gasteiger partial charge in [-0.25, -0.2) is 0 Å². The number of anilines is 2. The van der Waals surface area contributed by atoms with E-state index in [1.807, 2.05) is 35.2 Å². The van der Waals surface area contributed by atoms with Gasteiger partial charge in [0.25, 0.3) is 0 Å². The van der Waals surface area contributed by atoms with Gasteiger partial charge in [-0.05, 0) is 55.5 Å². The molecule has 152 valence electrons. The van der Waals surface area contributed by atoms with Crippen LogP contribution in [0.4, 0.5) is 11.4 Å². The van der Waals surface area contributed by atoms with Crippen LogP contribution in [-0.2, 0) is 16.0 Å². The second-order valence-corrected chi connectivity index (χ2v) is 8.06. The van der Waals surface area contributed by atoms with Crippen LogP contribution < -0.4 is 10.2 Å². The minimum Gasteiger partial charge on any atom is -0.372 e. The second kappa shape index (κ2) is 9.12. The van der Waals surface area contributed by atoms with Crippen LogP contribution in [0.1, 0.15) is 31.2 Å². The van der Waals surface area contributed by atoms with E-state index in [9.17, 15) is 9.59 Å². The molecule has 29 heavy (non-hydrogen) atoms. The Morgan fingerprint density at radius 1 is 0.966 bits per heavy atom. The fourth-order valence-corrected chi connectivity index (χ4v) is 4.22. The van der Waals surface area contributed by atoms with E-state index in [1.54, 1.807) is 0 Å². The maximum Gasteiger partial charge on any atom is 0.229 e. The number of benzene rings is 2. The summed E-state index contributed by atoms with van der Waals surface area (Å²) in [5.41, 5.74) is 3.22. The smallest absolute Gasteiger partial charge is 0.229 e. The SMILES string of the molecule is O=C(Nc1ccc(N2CCCCC2)cc1)C1CC(=O)N(CCc2ccccc2)C1. The molecule has 0 radical (unpaired) electrons. The monoisotopic (exact) mass is 391 g/mol. The van der Waals surface area contributed by atoms with Gasteiger partial charge in [0.15, 0.2) is 0 Å². The minimum absolute atomic E-state index is 0.0636. The number of hydrogen-bond donors (Lipinski definition) is 1. The molecule has 0 bridgehead atoms. The highest BCUT2D eigenvalue weighted by atomic mass is 16.2. The number of carbonyl (C=O) groups is 2. The third-order valence-electron chi connectivity index (χ3n) is 5.95. The summed E-state index contributed by atoms with van der Waals surface area (Å²) >= 11 is 0. The van der Waals surface area contributed by atoms with Gasteiger partial charge < -0.3 is 15.1 Å². The molecule has 2 aromatic rings. The van der Waals surface area contributed by atoms with Crippen LogP contribution in [0.5, 0.6) is 0 Å². The molecule has 2 saturated heterocycles.